The molecule has 4 rings (SSSR count). The molecule has 0 aliphatic carbocycles. The van der Waals surface area contributed by atoms with Crippen LogP contribution in [0.5, 0.6) is 0 Å². The SMILES string of the molecule is N#Cc1ccnc(N2C(=O)CC(=O)Nc3c2ccc2ccccc32)c1. The number of pyridine rings is 1. The highest BCUT2D eigenvalue weighted by Gasteiger charge is 2.29. The Morgan fingerprint density at radius 2 is 1.96 bits per heavy atom. The van der Waals surface area contributed by atoms with E-state index in [2.05, 4.69) is 10.3 Å². The molecular weight excluding hydrogens is 316 g/mol. The van der Waals surface area contributed by atoms with Gasteiger partial charge in [0.2, 0.25) is 11.8 Å². The number of aromatic nitrogens is 1. The van der Waals surface area contributed by atoms with Gasteiger partial charge in [-0.2, -0.15) is 5.26 Å². The summed E-state index contributed by atoms with van der Waals surface area (Å²) in [6.45, 7) is 0. The van der Waals surface area contributed by atoms with Crippen molar-refractivity contribution in [1.82, 2.24) is 4.98 Å². The van der Waals surface area contributed by atoms with E-state index in [-0.39, 0.29) is 12.3 Å². The number of carbonyl (C=O) groups is 2. The van der Waals surface area contributed by atoms with E-state index in [4.69, 9.17) is 5.26 Å². The number of nitrogens with one attached hydrogen (secondary N) is 1. The highest BCUT2D eigenvalue weighted by Crippen LogP contribution is 2.39. The molecule has 2 amide bonds. The molecule has 1 N–H and O–H groups in total. The number of hydrogen-bond acceptors (Lipinski definition) is 4. The maximum absolute atomic E-state index is 12.7. The van der Waals surface area contributed by atoms with Crippen LogP contribution in [0, 0.1) is 11.3 Å². The van der Waals surface area contributed by atoms with Crippen LogP contribution in [0.1, 0.15) is 12.0 Å². The lowest BCUT2D eigenvalue weighted by Gasteiger charge is -2.22. The molecule has 1 aliphatic heterocycles. The number of amides is 2. The molecule has 0 fully saturated rings. The van der Waals surface area contributed by atoms with Gasteiger partial charge < -0.3 is 5.32 Å². The lowest BCUT2D eigenvalue weighted by atomic mass is 10.1. The maximum Gasteiger partial charge on any atom is 0.242 e. The van der Waals surface area contributed by atoms with Gasteiger partial charge in [-0.15, -0.1) is 0 Å². The molecule has 0 spiro atoms. The molecular formula is C19H12N4O2. The van der Waals surface area contributed by atoms with Crippen LogP contribution >= 0.6 is 0 Å². The average molecular weight is 328 g/mol. The molecule has 0 atom stereocenters. The Kier molecular flexibility index (Phi) is 3.40. The highest BCUT2D eigenvalue weighted by molar-refractivity contribution is 6.20. The van der Waals surface area contributed by atoms with Gasteiger partial charge in [0.15, 0.2) is 0 Å². The summed E-state index contributed by atoms with van der Waals surface area (Å²) < 4.78 is 0. The number of carbonyl (C=O) groups excluding carboxylic acids is 2. The lowest BCUT2D eigenvalue weighted by Crippen LogP contribution is -2.27. The van der Waals surface area contributed by atoms with Gasteiger partial charge in [-0.1, -0.05) is 30.3 Å². The van der Waals surface area contributed by atoms with Crippen LogP contribution in [0.4, 0.5) is 17.2 Å². The molecule has 120 valence electrons. The third-order valence-electron chi connectivity index (χ3n) is 4.08. The fourth-order valence-corrected chi connectivity index (χ4v) is 2.97. The molecule has 0 radical (unpaired) electrons. The van der Waals surface area contributed by atoms with Crippen molar-refractivity contribution in [3.63, 3.8) is 0 Å². The summed E-state index contributed by atoms with van der Waals surface area (Å²) in [5.41, 5.74) is 1.50. The first kappa shape index (κ1) is 14.8. The van der Waals surface area contributed by atoms with E-state index in [9.17, 15) is 9.59 Å². The predicted molar refractivity (Wildman–Crippen MR) is 93.3 cm³/mol. The molecule has 25 heavy (non-hydrogen) atoms. The van der Waals surface area contributed by atoms with Gasteiger partial charge in [0.1, 0.15) is 12.2 Å². The Labute approximate surface area is 143 Å². The zero-order valence-electron chi connectivity index (χ0n) is 13.1. The van der Waals surface area contributed by atoms with Crippen molar-refractivity contribution in [2.75, 3.05) is 10.2 Å². The summed E-state index contributed by atoms with van der Waals surface area (Å²) in [5.74, 6) is -0.451. The van der Waals surface area contributed by atoms with Crippen LogP contribution in [0.3, 0.4) is 0 Å². The minimum atomic E-state index is -0.394. The van der Waals surface area contributed by atoms with Crippen molar-refractivity contribution in [1.29, 1.82) is 5.26 Å². The van der Waals surface area contributed by atoms with Crippen LogP contribution < -0.4 is 10.2 Å². The van der Waals surface area contributed by atoms with E-state index < -0.39 is 5.91 Å². The number of anilines is 3. The summed E-state index contributed by atoms with van der Waals surface area (Å²) in [5, 5.41) is 13.7. The second-order valence-corrected chi connectivity index (χ2v) is 5.65. The van der Waals surface area contributed by atoms with Crippen molar-refractivity contribution < 1.29 is 9.59 Å². The number of benzene rings is 2. The predicted octanol–water partition coefficient (Wildman–Crippen LogP) is 3.11. The first-order chi connectivity index (χ1) is 12.2. The van der Waals surface area contributed by atoms with Crippen LogP contribution in [-0.4, -0.2) is 16.8 Å². The maximum atomic E-state index is 12.7. The van der Waals surface area contributed by atoms with E-state index >= 15 is 0 Å². The lowest BCUT2D eigenvalue weighted by molar-refractivity contribution is -0.124. The molecule has 2 heterocycles. The first-order valence-corrected chi connectivity index (χ1v) is 7.68. The second-order valence-electron chi connectivity index (χ2n) is 5.65. The zero-order chi connectivity index (χ0) is 17.4. The van der Waals surface area contributed by atoms with Crippen molar-refractivity contribution in [3.8, 4) is 6.07 Å². The highest BCUT2D eigenvalue weighted by atomic mass is 16.2. The molecule has 3 aromatic rings. The number of fused-ring (bicyclic) bond motifs is 3. The summed E-state index contributed by atoms with van der Waals surface area (Å²) in [6.07, 6.45) is 1.18. The molecule has 1 aliphatic rings. The van der Waals surface area contributed by atoms with Gasteiger partial charge in [-0.3, -0.25) is 14.5 Å². The molecule has 0 unspecified atom stereocenters. The number of hydrogen-bond donors (Lipinski definition) is 1. The third kappa shape index (κ3) is 2.48. The number of nitriles is 1. The second kappa shape index (κ2) is 5.73. The third-order valence-corrected chi connectivity index (χ3v) is 4.08. The van der Waals surface area contributed by atoms with Gasteiger partial charge in [0.05, 0.1) is 23.0 Å². The molecule has 0 saturated heterocycles. The largest absolute Gasteiger partial charge is 0.323 e. The fourth-order valence-electron chi connectivity index (χ4n) is 2.97. The van der Waals surface area contributed by atoms with Crippen LogP contribution in [0.15, 0.2) is 54.7 Å². The molecule has 1 aromatic heterocycles. The van der Waals surface area contributed by atoms with Gasteiger partial charge in [0, 0.05) is 11.6 Å². The Morgan fingerprint density at radius 3 is 2.80 bits per heavy atom. The van der Waals surface area contributed by atoms with E-state index in [0.29, 0.717) is 22.8 Å². The normalized spacial score (nSPS) is 13.8. The van der Waals surface area contributed by atoms with Crippen LogP contribution in [0.25, 0.3) is 10.8 Å². The van der Waals surface area contributed by atoms with E-state index in [1.807, 2.05) is 36.4 Å². The molecule has 6 nitrogen and oxygen atoms in total. The Balaban J connectivity index is 1.99. The molecule has 6 heteroatoms. The molecule has 0 saturated carbocycles. The summed E-state index contributed by atoms with van der Waals surface area (Å²) in [4.78, 5) is 30.4. The van der Waals surface area contributed by atoms with Crippen molar-refractivity contribution in [3.05, 3.63) is 60.3 Å². The summed E-state index contributed by atoms with van der Waals surface area (Å²) >= 11 is 0. The minimum Gasteiger partial charge on any atom is -0.323 e. The van der Waals surface area contributed by atoms with Crippen molar-refractivity contribution in [2.24, 2.45) is 0 Å². The Morgan fingerprint density at radius 1 is 1.12 bits per heavy atom. The van der Waals surface area contributed by atoms with E-state index in [1.165, 1.54) is 17.2 Å². The Hall–Kier alpha value is -3.72. The average Bonchev–Trinajstić information content (AvgIpc) is 2.76. The standard InChI is InChI=1S/C19H12N4O2/c20-11-12-7-8-21-16(9-12)23-15-6-5-13-3-1-2-4-14(13)19(15)22-17(24)10-18(23)25/h1-9H,10H2,(H,22,24). The first-order valence-electron chi connectivity index (χ1n) is 7.68. The van der Waals surface area contributed by atoms with Crippen LogP contribution in [0.2, 0.25) is 0 Å². The number of nitrogens with zero attached hydrogens (tertiary/aromatic N) is 3. The van der Waals surface area contributed by atoms with Crippen molar-refractivity contribution >= 4 is 39.8 Å². The van der Waals surface area contributed by atoms with Crippen LogP contribution in [-0.2, 0) is 9.59 Å². The smallest absolute Gasteiger partial charge is 0.242 e. The topological polar surface area (TPSA) is 86.1 Å². The summed E-state index contributed by atoms with van der Waals surface area (Å²) in [6, 6.07) is 16.4. The zero-order valence-corrected chi connectivity index (χ0v) is 13.1. The number of rotatable bonds is 1. The monoisotopic (exact) mass is 328 g/mol. The van der Waals surface area contributed by atoms with Crippen molar-refractivity contribution in [2.45, 2.75) is 6.42 Å². The van der Waals surface area contributed by atoms with Gasteiger partial charge >= 0.3 is 0 Å². The van der Waals surface area contributed by atoms with E-state index in [0.717, 1.165) is 10.8 Å². The fraction of sp³-hybridized carbons (Fsp3) is 0.0526. The van der Waals surface area contributed by atoms with Gasteiger partial charge in [-0.05, 0) is 23.6 Å². The van der Waals surface area contributed by atoms with Gasteiger partial charge in [0.25, 0.3) is 0 Å². The van der Waals surface area contributed by atoms with E-state index in [1.54, 1.807) is 12.1 Å². The Bertz CT molecular complexity index is 1070. The molecule has 2 aromatic carbocycles. The van der Waals surface area contributed by atoms with Gasteiger partial charge in [-0.25, -0.2) is 4.98 Å². The quantitative estimate of drug-likeness (QED) is 0.695. The molecule has 0 bridgehead atoms. The minimum absolute atomic E-state index is 0.290. The summed E-state index contributed by atoms with van der Waals surface area (Å²) in [7, 11) is 0.